The first-order valence-corrected chi connectivity index (χ1v) is 10.5. The molecule has 2 aromatic rings. The molecule has 0 radical (unpaired) electrons. The molecule has 2 aromatic carbocycles. The minimum atomic E-state index is -1.15. The molecular weight excluding hydrogens is 426 g/mol. The van der Waals surface area contributed by atoms with Gasteiger partial charge in [-0.3, -0.25) is 24.1 Å². The zero-order chi connectivity index (χ0) is 24.1. The minimum absolute atomic E-state index is 0.238. The second-order valence-electron chi connectivity index (χ2n) is 7.67. The average molecular weight is 451 g/mol. The van der Waals surface area contributed by atoms with E-state index in [0.29, 0.717) is 17.7 Å². The van der Waals surface area contributed by atoms with E-state index in [1.165, 1.54) is 19.2 Å². The van der Waals surface area contributed by atoms with E-state index in [0.717, 1.165) is 4.90 Å². The predicted molar refractivity (Wildman–Crippen MR) is 120 cm³/mol. The van der Waals surface area contributed by atoms with Gasteiger partial charge >= 0.3 is 5.97 Å². The van der Waals surface area contributed by atoms with Gasteiger partial charge in [-0.2, -0.15) is 0 Å². The average Bonchev–Trinajstić information content (AvgIpc) is 3.08. The van der Waals surface area contributed by atoms with Crippen LogP contribution in [0.25, 0.3) is 0 Å². The molecule has 172 valence electrons. The molecule has 0 bridgehead atoms. The Morgan fingerprint density at radius 3 is 2.06 bits per heavy atom. The molecular formula is C24H25N3O6. The quantitative estimate of drug-likeness (QED) is 0.469. The minimum Gasteiger partial charge on any atom is -0.454 e. The maximum absolute atomic E-state index is 12.9. The van der Waals surface area contributed by atoms with Crippen LogP contribution in [-0.2, 0) is 14.3 Å². The summed E-state index contributed by atoms with van der Waals surface area (Å²) in [5.74, 6) is -3.17. The highest BCUT2D eigenvalue weighted by molar-refractivity contribution is 6.22. The number of nitrogens with one attached hydrogen (secondary N) is 2. The molecule has 0 saturated carbocycles. The van der Waals surface area contributed by atoms with E-state index in [4.69, 9.17) is 4.74 Å². The largest absolute Gasteiger partial charge is 0.454 e. The molecule has 1 aliphatic heterocycles. The lowest BCUT2D eigenvalue weighted by Gasteiger charge is -2.28. The van der Waals surface area contributed by atoms with Crippen molar-refractivity contribution in [2.24, 2.45) is 5.92 Å². The summed E-state index contributed by atoms with van der Waals surface area (Å²) >= 11 is 0. The third-order valence-corrected chi connectivity index (χ3v) is 5.53. The second-order valence-corrected chi connectivity index (χ2v) is 7.67. The maximum atomic E-state index is 12.9. The number of hydrogen-bond acceptors (Lipinski definition) is 6. The fourth-order valence-electron chi connectivity index (χ4n) is 3.54. The summed E-state index contributed by atoms with van der Waals surface area (Å²) in [4.78, 5) is 63.4. The number of ether oxygens (including phenoxy) is 1. The van der Waals surface area contributed by atoms with Gasteiger partial charge in [0.1, 0.15) is 6.04 Å². The van der Waals surface area contributed by atoms with Crippen LogP contribution in [0.15, 0.2) is 48.5 Å². The molecule has 1 heterocycles. The number of nitrogens with zero attached hydrogens (tertiary/aromatic N) is 1. The molecule has 3 rings (SSSR count). The van der Waals surface area contributed by atoms with Crippen molar-refractivity contribution in [3.05, 3.63) is 65.2 Å². The molecule has 1 aliphatic rings. The number of hydrogen-bond donors (Lipinski definition) is 2. The van der Waals surface area contributed by atoms with Crippen molar-refractivity contribution < 1.29 is 28.7 Å². The lowest BCUT2D eigenvalue weighted by Crippen LogP contribution is -2.49. The number of benzene rings is 2. The zero-order valence-electron chi connectivity index (χ0n) is 18.6. The van der Waals surface area contributed by atoms with Gasteiger partial charge in [0.05, 0.1) is 11.1 Å². The molecule has 0 fully saturated rings. The van der Waals surface area contributed by atoms with Crippen molar-refractivity contribution in [1.29, 1.82) is 0 Å². The van der Waals surface area contributed by atoms with Crippen LogP contribution in [0.5, 0.6) is 0 Å². The van der Waals surface area contributed by atoms with E-state index in [2.05, 4.69) is 10.6 Å². The predicted octanol–water partition coefficient (Wildman–Crippen LogP) is 2.24. The van der Waals surface area contributed by atoms with Crippen LogP contribution in [0.1, 0.15) is 51.3 Å². The van der Waals surface area contributed by atoms with Crippen LogP contribution in [0.3, 0.4) is 0 Å². The smallest absolute Gasteiger partial charge is 0.330 e. The van der Waals surface area contributed by atoms with Crippen molar-refractivity contribution >= 4 is 35.3 Å². The molecule has 2 N–H and O–H groups in total. The van der Waals surface area contributed by atoms with Gasteiger partial charge in [-0.25, -0.2) is 4.79 Å². The first-order valence-electron chi connectivity index (χ1n) is 10.5. The van der Waals surface area contributed by atoms with Gasteiger partial charge < -0.3 is 15.4 Å². The van der Waals surface area contributed by atoms with E-state index >= 15 is 0 Å². The summed E-state index contributed by atoms with van der Waals surface area (Å²) in [5.41, 5.74) is 1.32. The topological polar surface area (TPSA) is 122 Å². The van der Waals surface area contributed by atoms with Crippen molar-refractivity contribution in [2.75, 3.05) is 19.0 Å². The number of amides is 4. The monoisotopic (exact) mass is 451 g/mol. The molecule has 9 heteroatoms. The molecule has 0 aliphatic carbocycles. The zero-order valence-corrected chi connectivity index (χ0v) is 18.6. The second kappa shape index (κ2) is 10.1. The number of carbonyl (C=O) groups excluding carboxylic acids is 5. The van der Waals surface area contributed by atoms with Crippen LogP contribution < -0.4 is 10.6 Å². The first kappa shape index (κ1) is 23.6. The van der Waals surface area contributed by atoms with E-state index in [9.17, 15) is 24.0 Å². The number of carbonyl (C=O) groups is 5. The van der Waals surface area contributed by atoms with Gasteiger partial charge in [0.2, 0.25) is 0 Å². The number of rotatable bonds is 8. The number of esters is 1. The summed E-state index contributed by atoms with van der Waals surface area (Å²) in [6.45, 7) is 2.98. The molecule has 4 amide bonds. The SMILES string of the molecule is CC[C@H](C)[C@@H](C(=O)OCC(=O)Nc1ccc(C(=O)NC)cc1)N1C(=O)c2ccccc2C1=O. The van der Waals surface area contributed by atoms with E-state index in [1.807, 2.05) is 6.92 Å². The Bertz CT molecular complexity index is 1060. The summed E-state index contributed by atoms with van der Waals surface area (Å²) in [5, 5.41) is 5.07. The van der Waals surface area contributed by atoms with Gasteiger partial charge in [0.15, 0.2) is 6.61 Å². The Labute approximate surface area is 191 Å². The highest BCUT2D eigenvalue weighted by Gasteiger charge is 2.45. The number of anilines is 1. The first-order chi connectivity index (χ1) is 15.8. The molecule has 0 unspecified atom stereocenters. The van der Waals surface area contributed by atoms with E-state index in [1.54, 1.807) is 43.3 Å². The lowest BCUT2D eigenvalue weighted by molar-refractivity contribution is -0.152. The molecule has 0 aromatic heterocycles. The number of imide groups is 1. The van der Waals surface area contributed by atoms with Crippen molar-refractivity contribution in [2.45, 2.75) is 26.3 Å². The Morgan fingerprint density at radius 2 is 1.55 bits per heavy atom. The maximum Gasteiger partial charge on any atom is 0.330 e. The highest BCUT2D eigenvalue weighted by atomic mass is 16.5. The van der Waals surface area contributed by atoms with Crippen molar-refractivity contribution in [3.63, 3.8) is 0 Å². The van der Waals surface area contributed by atoms with E-state index in [-0.39, 0.29) is 23.0 Å². The van der Waals surface area contributed by atoms with Crippen LogP contribution >= 0.6 is 0 Å². The van der Waals surface area contributed by atoms with Gasteiger partial charge in [-0.15, -0.1) is 0 Å². The fraction of sp³-hybridized carbons (Fsp3) is 0.292. The summed E-state index contributed by atoms with van der Waals surface area (Å²) < 4.78 is 5.19. The van der Waals surface area contributed by atoms with Gasteiger partial charge in [0.25, 0.3) is 23.6 Å². The molecule has 33 heavy (non-hydrogen) atoms. The Balaban J connectivity index is 1.66. The Morgan fingerprint density at radius 1 is 0.970 bits per heavy atom. The van der Waals surface area contributed by atoms with Crippen LogP contribution in [-0.4, -0.2) is 54.2 Å². The van der Waals surface area contributed by atoms with E-state index < -0.39 is 36.3 Å². The molecule has 0 saturated heterocycles. The van der Waals surface area contributed by atoms with Crippen LogP contribution in [0, 0.1) is 5.92 Å². The van der Waals surface area contributed by atoms with Crippen molar-refractivity contribution in [3.8, 4) is 0 Å². The highest BCUT2D eigenvalue weighted by Crippen LogP contribution is 2.28. The molecule has 9 nitrogen and oxygen atoms in total. The van der Waals surface area contributed by atoms with Gasteiger partial charge in [-0.1, -0.05) is 32.4 Å². The fourth-order valence-corrected chi connectivity index (χ4v) is 3.54. The number of fused-ring (bicyclic) bond motifs is 1. The summed E-state index contributed by atoms with van der Waals surface area (Å²) in [6, 6.07) is 11.4. The lowest BCUT2D eigenvalue weighted by atomic mass is 9.97. The Kier molecular flexibility index (Phi) is 7.22. The normalized spacial score (nSPS) is 14.3. The summed E-state index contributed by atoms with van der Waals surface area (Å²) in [7, 11) is 1.51. The van der Waals surface area contributed by atoms with Crippen LogP contribution in [0.2, 0.25) is 0 Å². The van der Waals surface area contributed by atoms with Crippen LogP contribution in [0.4, 0.5) is 5.69 Å². The molecule has 2 atom stereocenters. The van der Waals surface area contributed by atoms with Crippen molar-refractivity contribution in [1.82, 2.24) is 10.2 Å². The summed E-state index contributed by atoms with van der Waals surface area (Å²) in [6.07, 6.45) is 0.511. The standard InChI is InChI=1S/C24H25N3O6/c1-4-14(2)20(27-22(30)17-7-5-6-8-18(17)23(27)31)24(32)33-13-19(28)26-16-11-9-15(10-12-16)21(29)25-3/h5-12,14,20H,4,13H2,1-3H3,(H,25,29)(H,26,28)/t14-,20-/m0/s1. The van der Waals surface area contributed by atoms with Gasteiger partial charge in [0, 0.05) is 18.3 Å². The third kappa shape index (κ3) is 4.92. The van der Waals surface area contributed by atoms with Gasteiger partial charge in [-0.05, 0) is 42.3 Å². The third-order valence-electron chi connectivity index (χ3n) is 5.53. The molecule has 0 spiro atoms. The Hall–Kier alpha value is -4.01.